The van der Waals surface area contributed by atoms with Crippen LogP contribution in [0.25, 0.3) is 0 Å². The van der Waals surface area contributed by atoms with Crippen LogP contribution in [0.4, 0.5) is 8.78 Å². The molecule has 14 heavy (non-hydrogen) atoms. The van der Waals surface area contributed by atoms with Gasteiger partial charge in [0, 0.05) is 6.42 Å². The van der Waals surface area contributed by atoms with Gasteiger partial charge in [0.1, 0.15) is 0 Å². The highest BCUT2D eigenvalue weighted by atomic mass is 19.3. The first-order valence-corrected chi connectivity index (χ1v) is 4.37. The highest BCUT2D eigenvalue weighted by Crippen LogP contribution is 2.19. The van der Waals surface area contributed by atoms with Crippen molar-refractivity contribution in [3.8, 4) is 0 Å². The van der Waals surface area contributed by atoms with E-state index in [0.717, 1.165) is 4.90 Å². The third kappa shape index (κ3) is 2.65. The minimum Gasteiger partial charge on any atom is -0.345 e. The van der Waals surface area contributed by atoms with Gasteiger partial charge in [-0.1, -0.05) is 6.92 Å². The summed E-state index contributed by atoms with van der Waals surface area (Å²) in [7, 11) is 0. The van der Waals surface area contributed by atoms with Crippen LogP contribution in [0.15, 0.2) is 0 Å². The molecular weight excluding hydrogens is 194 g/mol. The Morgan fingerprint density at radius 1 is 1.50 bits per heavy atom. The summed E-state index contributed by atoms with van der Waals surface area (Å²) in [5, 5.41) is 2.29. The molecule has 0 unspecified atom stereocenters. The first kappa shape index (κ1) is 10.9. The number of nitrogens with one attached hydrogen (secondary N) is 1. The summed E-state index contributed by atoms with van der Waals surface area (Å²) >= 11 is 0. The molecule has 0 aliphatic carbocycles. The van der Waals surface area contributed by atoms with Gasteiger partial charge < -0.3 is 10.2 Å². The zero-order valence-electron chi connectivity index (χ0n) is 7.85. The van der Waals surface area contributed by atoms with E-state index in [-0.39, 0.29) is 19.5 Å². The fourth-order valence-electron chi connectivity index (χ4n) is 1.14. The van der Waals surface area contributed by atoms with E-state index < -0.39 is 24.3 Å². The minimum absolute atomic E-state index is 0.182. The van der Waals surface area contributed by atoms with E-state index >= 15 is 0 Å². The van der Waals surface area contributed by atoms with Crippen LogP contribution in [-0.2, 0) is 9.59 Å². The number of nitrogens with zero attached hydrogens (tertiary/aromatic N) is 1. The number of halogens is 2. The van der Waals surface area contributed by atoms with Gasteiger partial charge in [0.2, 0.25) is 11.8 Å². The number of hydrogen-bond acceptors (Lipinski definition) is 2. The molecule has 0 aromatic rings. The second-order valence-corrected chi connectivity index (χ2v) is 3.24. The maximum Gasteiger partial charge on any atom is 0.265 e. The number of piperazine rings is 1. The van der Waals surface area contributed by atoms with E-state index in [0.29, 0.717) is 0 Å². The average molecular weight is 206 g/mol. The lowest BCUT2D eigenvalue weighted by Crippen LogP contribution is -2.54. The Morgan fingerprint density at radius 3 is 2.71 bits per heavy atom. The molecule has 0 aromatic carbocycles. The van der Waals surface area contributed by atoms with Crippen molar-refractivity contribution in [3.63, 3.8) is 0 Å². The van der Waals surface area contributed by atoms with Crippen LogP contribution in [0, 0.1) is 0 Å². The largest absolute Gasteiger partial charge is 0.345 e. The lowest BCUT2D eigenvalue weighted by molar-refractivity contribution is -0.145. The molecule has 1 fully saturated rings. The zero-order valence-corrected chi connectivity index (χ0v) is 7.85. The van der Waals surface area contributed by atoms with Crippen molar-refractivity contribution in [1.29, 1.82) is 0 Å². The highest BCUT2D eigenvalue weighted by molar-refractivity contribution is 5.92. The standard InChI is InChI=1S/C8H12F2N2O2/c1-2-8(9,10)5-12-4-6(13)11-3-7(12)14/h2-5H2,1H3,(H,11,13). The summed E-state index contributed by atoms with van der Waals surface area (Å²) < 4.78 is 25.8. The quantitative estimate of drug-likeness (QED) is 0.706. The normalized spacial score (nSPS) is 18.4. The smallest absolute Gasteiger partial charge is 0.265 e. The minimum atomic E-state index is -2.91. The summed E-state index contributed by atoms with van der Waals surface area (Å²) in [5.41, 5.74) is 0. The monoisotopic (exact) mass is 206 g/mol. The first-order chi connectivity index (χ1) is 6.44. The molecule has 0 spiro atoms. The van der Waals surface area contributed by atoms with E-state index in [4.69, 9.17) is 0 Å². The van der Waals surface area contributed by atoms with E-state index in [1.165, 1.54) is 6.92 Å². The maximum absolute atomic E-state index is 12.9. The molecule has 0 atom stereocenters. The number of alkyl halides is 2. The Hall–Kier alpha value is -1.20. The molecule has 1 heterocycles. The summed E-state index contributed by atoms with van der Waals surface area (Å²) in [4.78, 5) is 22.8. The third-order valence-electron chi connectivity index (χ3n) is 2.06. The topological polar surface area (TPSA) is 49.4 Å². The summed E-state index contributed by atoms with van der Waals surface area (Å²) in [6.07, 6.45) is -0.335. The van der Waals surface area contributed by atoms with E-state index in [9.17, 15) is 18.4 Å². The molecule has 1 rings (SSSR count). The van der Waals surface area contributed by atoms with Crippen LogP contribution in [-0.4, -0.2) is 42.3 Å². The molecule has 80 valence electrons. The van der Waals surface area contributed by atoms with Crippen molar-refractivity contribution in [2.75, 3.05) is 19.6 Å². The van der Waals surface area contributed by atoms with Crippen LogP contribution in [0.3, 0.4) is 0 Å². The molecule has 6 heteroatoms. The van der Waals surface area contributed by atoms with Crippen LogP contribution < -0.4 is 5.32 Å². The first-order valence-electron chi connectivity index (χ1n) is 4.37. The maximum atomic E-state index is 12.9. The molecule has 0 radical (unpaired) electrons. The average Bonchev–Trinajstić information content (AvgIpc) is 2.11. The van der Waals surface area contributed by atoms with Crippen molar-refractivity contribution < 1.29 is 18.4 Å². The molecule has 1 saturated heterocycles. The predicted molar refractivity (Wildman–Crippen MR) is 44.8 cm³/mol. The molecule has 1 aliphatic heterocycles. The van der Waals surface area contributed by atoms with Crippen LogP contribution in [0.1, 0.15) is 13.3 Å². The Labute approximate surface area is 80.3 Å². The molecule has 0 bridgehead atoms. The Balaban J connectivity index is 2.58. The molecule has 4 nitrogen and oxygen atoms in total. The molecule has 0 aromatic heterocycles. The Bertz CT molecular complexity index is 256. The van der Waals surface area contributed by atoms with Crippen LogP contribution >= 0.6 is 0 Å². The van der Waals surface area contributed by atoms with Gasteiger partial charge in [-0.25, -0.2) is 8.78 Å². The number of hydrogen-bond donors (Lipinski definition) is 1. The number of carbonyl (C=O) groups is 2. The van der Waals surface area contributed by atoms with Gasteiger partial charge in [0.05, 0.1) is 19.6 Å². The lowest BCUT2D eigenvalue weighted by atomic mass is 10.2. The zero-order chi connectivity index (χ0) is 10.8. The fraction of sp³-hybridized carbons (Fsp3) is 0.750. The molecule has 2 amide bonds. The number of amides is 2. The Morgan fingerprint density at radius 2 is 2.14 bits per heavy atom. The molecule has 1 aliphatic rings. The highest BCUT2D eigenvalue weighted by Gasteiger charge is 2.34. The molecular formula is C8H12F2N2O2. The third-order valence-corrected chi connectivity index (χ3v) is 2.06. The predicted octanol–water partition coefficient (Wildman–Crippen LogP) is -0.00990. The van der Waals surface area contributed by atoms with Gasteiger partial charge >= 0.3 is 0 Å². The van der Waals surface area contributed by atoms with Crippen molar-refractivity contribution >= 4 is 11.8 Å². The second kappa shape index (κ2) is 3.89. The van der Waals surface area contributed by atoms with Gasteiger partial charge in [-0.2, -0.15) is 0 Å². The second-order valence-electron chi connectivity index (χ2n) is 3.24. The number of carbonyl (C=O) groups excluding carboxylic acids is 2. The Kier molecular flexibility index (Phi) is 3.03. The van der Waals surface area contributed by atoms with E-state index in [1.54, 1.807) is 0 Å². The molecule has 1 N–H and O–H groups in total. The number of rotatable bonds is 3. The fourth-order valence-corrected chi connectivity index (χ4v) is 1.14. The van der Waals surface area contributed by atoms with Crippen LogP contribution in [0.2, 0.25) is 0 Å². The lowest BCUT2D eigenvalue weighted by Gasteiger charge is -2.29. The summed E-state index contributed by atoms with van der Waals surface area (Å²) in [6, 6.07) is 0. The van der Waals surface area contributed by atoms with Gasteiger partial charge in [0.15, 0.2) is 0 Å². The van der Waals surface area contributed by atoms with Crippen molar-refractivity contribution in [3.05, 3.63) is 0 Å². The molecule has 0 saturated carbocycles. The van der Waals surface area contributed by atoms with E-state index in [1.807, 2.05) is 0 Å². The SMILES string of the molecule is CCC(F)(F)CN1CC(=O)NCC1=O. The van der Waals surface area contributed by atoms with Crippen molar-refractivity contribution in [1.82, 2.24) is 10.2 Å². The van der Waals surface area contributed by atoms with Gasteiger partial charge in [-0.05, 0) is 0 Å². The van der Waals surface area contributed by atoms with Crippen molar-refractivity contribution in [2.45, 2.75) is 19.3 Å². The van der Waals surface area contributed by atoms with Crippen LogP contribution in [0.5, 0.6) is 0 Å². The van der Waals surface area contributed by atoms with Gasteiger partial charge in [-0.15, -0.1) is 0 Å². The van der Waals surface area contributed by atoms with Gasteiger partial charge in [-0.3, -0.25) is 9.59 Å². The summed E-state index contributed by atoms with van der Waals surface area (Å²) in [5.74, 6) is -3.76. The summed E-state index contributed by atoms with van der Waals surface area (Å²) in [6.45, 7) is 0.220. The van der Waals surface area contributed by atoms with Crippen molar-refractivity contribution in [2.24, 2.45) is 0 Å². The van der Waals surface area contributed by atoms with E-state index in [2.05, 4.69) is 5.32 Å². The van der Waals surface area contributed by atoms with Gasteiger partial charge in [0.25, 0.3) is 5.92 Å².